The van der Waals surface area contributed by atoms with Crippen molar-refractivity contribution >= 4 is 27.7 Å². The van der Waals surface area contributed by atoms with E-state index in [0.29, 0.717) is 12.1 Å². The second-order valence-electron chi connectivity index (χ2n) is 6.45. The zero-order chi connectivity index (χ0) is 18.9. The largest absolute Gasteiger partial charge is 0.352 e. The van der Waals surface area contributed by atoms with Gasteiger partial charge < -0.3 is 15.5 Å². The Kier molecular flexibility index (Phi) is 7.81. The van der Waals surface area contributed by atoms with Crippen molar-refractivity contribution in [2.24, 2.45) is 0 Å². The van der Waals surface area contributed by atoms with Gasteiger partial charge in [-0.05, 0) is 29.8 Å². The van der Waals surface area contributed by atoms with Gasteiger partial charge in [0.1, 0.15) is 12.6 Å². The van der Waals surface area contributed by atoms with Crippen LogP contribution in [0.4, 0.5) is 0 Å². The molecule has 2 aromatic carbocycles. The molecule has 0 saturated carbocycles. The Hall–Kier alpha value is -2.18. The number of nitrogens with one attached hydrogen (secondary N) is 3. The van der Waals surface area contributed by atoms with Crippen LogP contribution in [0.3, 0.4) is 0 Å². The van der Waals surface area contributed by atoms with E-state index in [1.54, 1.807) is 12.1 Å². The maximum absolute atomic E-state index is 12.3. The Morgan fingerprint density at radius 1 is 1.04 bits per heavy atom. The summed E-state index contributed by atoms with van der Waals surface area (Å²) in [5, 5.41) is 5.85. The Bertz CT molecular complexity index is 718. The summed E-state index contributed by atoms with van der Waals surface area (Å²) in [6, 6.07) is 17.0. The average Bonchev–Trinajstić information content (AvgIpc) is 2.62. The summed E-state index contributed by atoms with van der Waals surface area (Å²) in [5.74, 6) is -0.251. The van der Waals surface area contributed by atoms with E-state index < -0.39 is 0 Å². The van der Waals surface area contributed by atoms with E-state index in [2.05, 4.69) is 40.7 Å². The summed E-state index contributed by atoms with van der Waals surface area (Å²) in [6.07, 6.45) is 0.244. The second kappa shape index (κ2) is 10.1. The SMILES string of the molecule is C[NH+](C)C[C@H](NC(=O)CCNC(=O)c1ccc(Br)cc1)c1ccccc1. The molecule has 138 valence electrons. The fourth-order valence-corrected chi connectivity index (χ4v) is 2.87. The molecule has 26 heavy (non-hydrogen) atoms. The molecule has 5 nitrogen and oxygen atoms in total. The molecule has 0 heterocycles. The Morgan fingerprint density at radius 3 is 2.31 bits per heavy atom. The number of hydrogen-bond acceptors (Lipinski definition) is 2. The minimum atomic E-state index is -0.178. The van der Waals surface area contributed by atoms with E-state index in [4.69, 9.17) is 0 Å². The van der Waals surface area contributed by atoms with Crippen LogP contribution in [0.25, 0.3) is 0 Å². The van der Waals surface area contributed by atoms with Crippen molar-refractivity contribution in [3.63, 3.8) is 0 Å². The Morgan fingerprint density at radius 2 is 1.69 bits per heavy atom. The molecule has 2 rings (SSSR count). The highest BCUT2D eigenvalue weighted by Crippen LogP contribution is 2.11. The number of quaternary nitrogens is 1. The van der Waals surface area contributed by atoms with Crippen molar-refractivity contribution in [3.8, 4) is 0 Å². The molecular formula is C20H25BrN3O2+. The molecule has 0 fully saturated rings. The number of carbonyl (C=O) groups is 2. The van der Waals surface area contributed by atoms with E-state index in [1.807, 2.05) is 42.5 Å². The van der Waals surface area contributed by atoms with Crippen LogP contribution in [0.15, 0.2) is 59.1 Å². The molecule has 0 unspecified atom stereocenters. The quantitative estimate of drug-likeness (QED) is 0.609. The standard InChI is InChI=1S/C20H24BrN3O2/c1-24(2)14-18(15-6-4-3-5-7-15)23-19(25)12-13-22-20(26)16-8-10-17(21)11-9-16/h3-11,18H,12-14H2,1-2H3,(H,22,26)(H,23,25)/p+1/t18-/m0/s1. The molecule has 3 N–H and O–H groups in total. The van der Waals surface area contributed by atoms with Crippen molar-refractivity contribution in [1.82, 2.24) is 10.6 Å². The molecule has 2 amide bonds. The predicted molar refractivity (Wildman–Crippen MR) is 106 cm³/mol. The van der Waals surface area contributed by atoms with Crippen molar-refractivity contribution in [2.75, 3.05) is 27.2 Å². The lowest BCUT2D eigenvalue weighted by Crippen LogP contribution is -3.06. The van der Waals surface area contributed by atoms with Crippen molar-refractivity contribution in [2.45, 2.75) is 12.5 Å². The molecule has 0 radical (unpaired) electrons. The van der Waals surface area contributed by atoms with Crippen LogP contribution in [-0.2, 0) is 4.79 Å². The van der Waals surface area contributed by atoms with Crippen LogP contribution in [0.5, 0.6) is 0 Å². The van der Waals surface area contributed by atoms with Crippen LogP contribution in [0, 0.1) is 0 Å². The van der Waals surface area contributed by atoms with Gasteiger partial charge in [0.05, 0.1) is 14.1 Å². The van der Waals surface area contributed by atoms with Crippen molar-refractivity contribution in [3.05, 3.63) is 70.2 Å². The van der Waals surface area contributed by atoms with Gasteiger partial charge in [-0.25, -0.2) is 0 Å². The van der Waals surface area contributed by atoms with E-state index in [-0.39, 0.29) is 24.3 Å². The van der Waals surface area contributed by atoms with Crippen LogP contribution in [0.1, 0.15) is 28.4 Å². The summed E-state index contributed by atoms with van der Waals surface area (Å²) in [5.41, 5.74) is 1.66. The molecule has 0 spiro atoms. The number of likely N-dealkylation sites (N-methyl/N-ethyl adjacent to an activating group) is 1. The topological polar surface area (TPSA) is 62.6 Å². The number of halogens is 1. The molecule has 0 bridgehead atoms. The van der Waals surface area contributed by atoms with E-state index in [1.165, 1.54) is 4.90 Å². The first-order chi connectivity index (χ1) is 12.5. The fourth-order valence-electron chi connectivity index (χ4n) is 2.61. The zero-order valence-corrected chi connectivity index (χ0v) is 16.7. The molecular weight excluding hydrogens is 394 g/mol. The van der Waals surface area contributed by atoms with Gasteiger partial charge in [-0.3, -0.25) is 9.59 Å². The molecule has 0 saturated heterocycles. The number of benzene rings is 2. The minimum Gasteiger partial charge on any atom is -0.352 e. The first-order valence-corrected chi connectivity index (χ1v) is 9.42. The lowest BCUT2D eigenvalue weighted by Gasteiger charge is -2.21. The Balaban J connectivity index is 1.84. The van der Waals surface area contributed by atoms with Crippen LogP contribution in [-0.4, -0.2) is 39.0 Å². The van der Waals surface area contributed by atoms with E-state index >= 15 is 0 Å². The van der Waals surface area contributed by atoms with Gasteiger partial charge in [0, 0.05) is 23.0 Å². The maximum Gasteiger partial charge on any atom is 0.251 e. The maximum atomic E-state index is 12.3. The highest BCUT2D eigenvalue weighted by Gasteiger charge is 2.17. The van der Waals surface area contributed by atoms with Gasteiger partial charge >= 0.3 is 0 Å². The first-order valence-electron chi connectivity index (χ1n) is 8.63. The third kappa shape index (κ3) is 6.61. The van der Waals surface area contributed by atoms with Crippen LogP contribution in [0.2, 0.25) is 0 Å². The first kappa shape index (κ1) is 20.1. The van der Waals surface area contributed by atoms with Gasteiger partial charge in [-0.15, -0.1) is 0 Å². The van der Waals surface area contributed by atoms with Crippen LogP contribution < -0.4 is 15.5 Å². The smallest absolute Gasteiger partial charge is 0.251 e. The summed E-state index contributed by atoms with van der Waals surface area (Å²) >= 11 is 3.34. The molecule has 0 aliphatic heterocycles. The van der Waals surface area contributed by atoms with Gasteiger partial charge in [-0.1, -0.05) is 46.3 Å². The number of amides is 2. The number of carbonyl (C=O) groups excluding carboxylic acids is 2. The summed E-state index contributed by atoms with van der Waals surface area (Å²) in [7, 11) is 4.11. The summed E-state index contributed by atoms with van der Waals surface area (Å²) in [6.45, 7) is 1.10. The predicted octanol–water partition coefficient (Wildman–Crippen LogP) is 1.57. The molecule has 2 aromatic rings. The van der Waals surface area contributed by atoms with Gasteiger partial charge in [0.2, 0.25) is 5.91 Å². The van der Waals surface area contributed by atoms with Crippen molar-refractivity contribution in [1.29, 1.82) is 0 Å². The van der Waals surface area contributed by atoms with Crippen LogP contribution >= 0.6 is 15.9 Å². The minimum absolute atomic E-state index is 0.0455. The van der Waals surface area contributed by atoms with E-state index in [9.17, 15) is 9.59 Å². The molecule has 0 aliphatic rings. The highest BCUT2D eigenvalue weighted by molar-refractivity contribution is 9.10. The normalized spacial score (nSPS) is 11.8. The number of rotatable bonds is 8. The lowest BCUT2D eigenvalue weighted by molar-refractivity contribution is -0.860. The van der Waals surface area contributed by atoms with Gasteiger partial charge in [0.25, 0.3) is 5.91 Å². The molecule has 6 heteroatoms. The van der Waals surface area contributed by atoms with Gasteiger partial charge in [-0.2, -0.15) is 0 Å². The fraction of sp³-hybridized carbons (Fsp3) is 0.300. The Labute approximate surface area is 162 Å². The third-order valence-electron chi connectivity index (χ3n) is 3.89. The second-order valence-corrected chi connectivity index (χ2v) is 7.37. The molecule has 1 atom stereocenters. The summed E-state index contributed by atoms with van der Waals surface area (Å²) < 4.78 is 0.920. The molecule has 0 aliphatic carbocycles. The zero-order valence-electron chi connectivity index (χ0n) is 15.1. The third-order valence-corrected chi connectivity index (χ3v) is 4.42. The van der Waals surface area contributed by atoms with Crippen molar-refractivity contribution < 1.29 is 14.5 Å². The number of hydrogen-bond donors (Lipinski definition) is 3. The average molecular weight is 419 g/mol. The lowest BCUT2D eigenvalue weighted by atomic mass is 10.1. The van der Waals surface area contributed by atoms with Gasteiger partial charge in [0.15, 0.2) is 0 Å². The summed E-state index contributed by atoms with van der Waals surface area (Å²) in [4.78, 5) is 25.6. The molecule has 0 aromatic heterocycles. The monoisotopic (exact) mass is 418 g/mol. The van der Waals surface area contributed by atoms with E-state index in [0.717, 1.165) is 16.6 Å². The highest BCUT2D eigenvalue weighted by atomic mass is 79.9.